The van der Waals surface area contributed by atoms with Crippen molar-refractivity contribution in [1.82, 2.24) is 29.5 Å². The molecule has 0 unspecified atom stereocenters. The first-order valence-electron chi connectivity index (χ1n) is 12.7. The van der Waals surface area contributed by atoms with Gasteiger partial charge in [0.1, 0.15) is 30.1 Å². The standard InChI is InChI=1S/C31H24FN7O2/c1-18-12-13-34-31(37-18)41-25-11-8-20(16-23(25)32)26-27-29(33)35-17-36-30(27)39(2)28(26)21-7-10-24-19(15-21)6-9-22(38-24)5-4-14-40-3/h6-13,15-17H,14H2,1-3H3,(H2,33,35,36). The summed E-state index contributed by atoms with van der Waals surface area (Å²) in [4.78, 5) is 21.6. The molecular weight excluding hydrogens is 521 g/mol. The van der Waals surface area contributed by atoms with Gasteiger partial charge in [-0.2, -0.15) is 0 Å². The Labute approximate surface area is 234 Å². The number of nitrogen functional groups attached to an aromatic ring is 1. The molecule has 9 nitrogen and oxygen atoms in total. The monoisotopic (exact) mass is 545 g/mol. The summed E-state index contributed by atoms with van der Waals surface area (Å²) in [6, 6.07) is 16.3. The zero-order valence-electron chi connectivity index (χ0n) is 22.5. The summed E-state index contributed by atoms with van der Waals surface area (Å²) in [7, 11) is 3.49. The highest BCUT2D eigenvalue weighted by atomic mass is 19.1. The molecule has 6 rings (SSSR count). The van der Waals surface area contributed by atoms with Crippen molar-refractivity contribution in [2.24, 2.45) is 7.05 Å². The lowest BCUT2D eigenvalue weighted by Gasteiger charge is -2.11. The van der Waals surface area contributed by atoms with Crippen molar-refractivity contribution in [2.75, 3.05) is 19.5 Å². The number of benzene rings is 2. The third-order valence-electron chi connectivity index (χ3n) is 6.59. The zero-order chi connectivity index (χ0) is 28.5. The van der Waals surface area contributed by atoms with Crippen molar-refractivity contribution in [1.29, 1.82) is 0 Å². The number of nitrogens with zero attached hydrogens (tertiary/aromatic N) is 6. The van der Waals surface area contributed by atoms with Crippen LogP contribution in [-0.4, -0.2) is 43.2 Å². The maximum atomic E-state index is 15.4. The summed E-state index contributed by atoms with van der Waals surface area (Å²) >= 11 is 0. The van der Waals surface area contributed by atoms with Crippen LogP contribution in [0.25, 0.3) is 44.3 Å². The van der Waals surface area contributed by atoms with E-state index in [0.29, 0.717) is 46.0 Å². The van der Waals surface area contributed by atoms with E-state index in [0.717, 1.165) is 22.2 Å². The number of aryl methyl sites for hydroxylation is 2. The molecule has 0 bridgehead atoms. The molecule has 0 saturated carbocycles. The van der Waals surface area contributed by atoms with Crippen LogP contribution in [0.15, 0.2) is 67.1 Å². The first-order chi connectivity index (χ1) is 19.9. The SMILES string of the molecule is COCC#Cc1ccc2cc(-c3c(-c4ccc(Oc5nccc(C)n5)c(F)c4)c4c(N)ncnc4n3C)ccc2n1. The van der Waals surface area contributed by atoms with Gasteiger partial charge in [0.15, 0.2) is 11.6 Å². The van der Waals surface area contributed by atoms with E-state index in [2.05, 4.69) is 36.8 Å². The molecule has 0 saturated heterocycles. The van der Waals surface area contributed by atoms with Crippen LogP contribution in [0.3, 0.4) is 0 Å². The quantitative estimate of drug-likeness (QED) is 0.284. The topological polar surface area (TPSA) is 114 Å². The van der Waals surface area contributed by atoms with Gasteiger partial charge < -0.3 is 19.8 Å². The molecule has 0 spiro atoms. The summed E-state index contributed by atoms with van der Waals surface area (Å²) in [6.07, 6.45) is 2.98. The molecule has 10 heteroatoms. The number of anilines is 1. The first-order valence-corrected chi connectivity index (χ1v) is 12.7. The number of ether oxygens (including phenoxy) is 2. The molecule has 2 aromatic carbocycles. The Morgan fingerprint density at radius 3 is 2.63 bits per heavy atom. The normalized spacial score (nSPS) is 11.0. The van der Waals surface area contributed by atoms with Crippen LogP contribution < -0.4 is 10.5 Å². The van der Waals surface area contributed by atoms with Gasteiger partial charge in [-0.05, 0) is 66.4 Å². The second kappa shape index (κ2) is 10.6. The number of hydrogen-bond acceptors (Lipinski definition) is 8. The third-order valence-corrected chi connectivity index (χ3v) is 6.59. The molecule has 4 heterocycles. The minimum Gasteiger partial charge on any atom is -0.421 e. The highest BCUT2D eigenvalue weighted by Gasteiger charge is 2.23. The van der Waals surface area contributed by atoms with Crippen LogP contribution in [0, 0.1) is 24.6 Å². The van der Waals surface area contributed by atoms with Gasteiger partial charge >= 0.3 is 6.01 Å². The van der Waals surface area contributed by atoms with E-state index in [4.69, 9.17) is 15.2 Å². The minimum absolute atomic E-state index is 0.00606. The lowest BCUT2D eigenvalue weighted by atomic mass is 9.97. The van der Waals surface area contributed by atoms with E-state index in [1.54, 1.807) is 38.4 Å². The van der Waals surface area contributed by atoms with Crippen molar-refractivity contribution in [2.45, 2.75) is 6.92 Å². The second-order valence-electron chi connectivity index (χ2n) is 9.31. The Kier molecular flexibility index (Phi) is 6.71. The molecule has 4 aromatic heterocycles. The smallest absolute Gasteiger partial charge is 0.322 e. The number of methoxy groups -OCH3 is 1. The van der Waals surface area contributed by atoms with Gasteiger partial charge in [-0.3, -0.25) is 0 Å². The van der Waals surface area contributed by atoms with Crippen molar-refractivity contribution < 1.29 is 13.9 Å². The summed E-state index contributed by atoms with van der Waals surface area (Å²) in [5.41, 5.74) is 12.1. The Bertz CT molecular complexity index is 2010. The van der Waals surface area contributed by atoms with E-state index in [1.165, 1.54) is 12.4 Å². The molecule has 202 valence electrons. The largest absolute Gasteiger partial charge is 0.421 e. The first kappa shape index (κ1) is 25.9. The van der Waals surface area contributed by atoms with Crippen LogP contribution in [0.5, 0.6) is 11.8 Å². The number of nitrogens with two attached hydrogens (primary N) is 1. The molecule has 0 aliphatic carbocycles. The average Bonchev–Trinajstić information content (AvgIpc) is 3.27. The molecule has 0 amide bonds. The highest BCUT2D eigenvalue weighted by molar-refractivity contribution is 6.08. The molecule has 0 aliphatic heterocycles. The Morgan fingerprint density at radius 1 is 0.976 bits per heavy atom. The number of pyridine rings is 1. The Morgan fingerprint density at radius 2 is 1.83 bits per heavy atom. The number of fused-ring (bicyclic) bond motifs is 2. The lowest BCUT2D eigenvalue weighted by molar-refractivity contribution is 0.240. The Hall–Kier alpha value is -5.40. The molecule has 6 aromatic rings. The van der Waals surface area contributed by atoms with E-state index >= 15 is 4.39 Å². The fraction of sp³-hybridized carbons (Fsp3) is 0.129. The number of aromatic nitrogens is 6. The minimum atomic E-state index is -0.573. The van der Waals surface area contributed by atoms with Crippen molar-refractivity contribution in [3.05, 3.63) is 84.3 Å². The number of halogens is 1. The molecule has 0 aliphatic rings. The number of rotatable bonds is 5. The maximum Gasteiger partial charge on any atom is 0.322 e. The highest BCUT2D eigenvalue weighted by Crippen LogP contribution is 2.43. The van der Waals surface area contributed by atoms with E-state index in [1.807, 2.05) is 41.9 Å². The summed E-state index contributed by atoms with van der Waals surface area (Å²) in [5.74, 6) is 5.65. The van der Waals surface area contributed by atoms with Gasteiger partial charge in [0, 0.05) is 37.0 Å². The molecular formula is C31H24FN7O2. The third kappa shape index (κ3) is 4.90. The van der Waals surface area contributed by atoms with Crippen molar-refractivity contribution in [3.8, 4) is 46.0 Å². The maximum absolute atomic E-state index is 15.4. The summed E-state index contributed by atoms with van der Waals surface area (Å²) in [6.45, 7) is 2.14. The van der Waals surface area contributed by atoms with Gasteiger partial charge in [-0.25, -0.2) is 29.3 Å². The van der Waals surface area contributed by atoms with Gasteiger partial charge in [0.25, 0.3) is 0 Å². The van der Waals surface area contributed by atoms with Gasteiger partial charge in [0.2, 0.25) is 0 Å². The zero-order valence-corrected chi connectivity index (χ0v) is 22.5. The summed E-state index contributed by atoms with van der Waals surface area (Å²) in [5, 5.41) is 1.55. The van der Waals surface area contributed by atoms with Crippen LogP contribution in [0.4, 0.5) is 10.2 Å². The van der Waals surface area contributed by atoms with Crippen molar-refractivity contribution >= 4 is 27.8 Å². The van der Waals surface area contributed by atoms with Crippen LogP contribution >= 0.6 is 0 Å². The van der Waals surface area contributed by atoms with E-state index < -0.39 is 5.82 Å². The molecule has 41 heavy (non-hydrogen) atoms. The molecule has 0 fully saturated rings. The van der Waals surface area contributed by atoms with Crippen molar-refractivity contribution in [3.63, 3.8) is 0 Å². The van der Waals surface area contributed by atoms with E-state index in [-0.39, 0.29) is 11.8 Å². The van der Waals surface area contributed by atoms with E-state index in [9.17, 15) is 0 Å². The van der Waals surface area contributed by atoms with Gasteiger partial charge in [0.05, 0.1) is 16.6 Å². The lowest BCUT2D eigenvalue weighted by Crippen LogP contribution is -1.96. The van der Waals surface area contributed by atoms with Gasteiger partial charge in [-0.1, -0.05) is 18.1 Å². The Balaban J connectivity index is 1.48. The second-order valence-corrected chi connectivity index (χ2v) is 9.31. The van der Waals surface area contributed by atoms with Crippen LogP contribution in [-0.2, 0) is 11.8 Å². The fourth-order valence-corrected chi connectivity index (χ4v) is 4.75. The predicted octanol–water partition coefficient (Wildman–Crippen LogP) is 5.46. The van der Waals surface area contributed by atoms with Gasteiger partial charge in [-0.15, -0.1) is 0 Å². The number of hydrogen-bond donors (Lipinski definition) is 1. The fourth-order valence-electron chi connectivity index (χ4n) is 4.75. The molecule has 2 N–H and O–H groups in total. The predicted molar refractivity (Wildman–Crippen MR) is 155 cm³/mol. The van der Waals surface area contributed by atoms with Crippen LogP contribution in [0.2, 0.25) is 0 Å². The average molecular weight is 546 g/mol. The summed E-state index contributed by atoms with van der Waals surface area (Å²) < 4.78 is 28.0. The molecule has 0 atom stereocenters. The van der Waals surface area contributed by atoms with Crippen LogP contribution in [0.1, 0.15) is 11.4 Å². The molecule has 0 radical (unpaired) electrons.